The number of hydrogen-bond donors (Lipinski definition) is 1. The van der Waals surface area contributed by atoms with Gasteiger partial charge in [0.1, 0.15) is 0 Å². The van der Waals surface area contributed by atoms with Gasteiger partial charge in [-0.3, -0.25) is 4.79 Å². The summed E-state index contributed by atoms with van der Waals surface area (Å²) in [6, 6.07) is 15.3. The van der Waals surface area contributed by atoms with Crippen LogP contribution in [0.1, 0.15) is 68.2 Å². The first-order chi connectivity index (χ1) is 16.0. The molecule has 3 heteroatoms. The monoisotopic (exact) mass is 440 g/mol. The molecule has 2 fully saturated rings. The molecule has 2 aliphatic carbocycles. The molecule has 172 valence electrons. The second kappa shape index (κ2) is 8.99. The summed E-state index contributed by atoms with van der Waals surface area (Å²) >= 11 is 0. The van der Waals surface area contributed by atoms with Crippen LogP contribution in [0.5, 0.6) is 0 Å². The molecule has 2 aromatic rings. The summed E-state index contributed by atoms with van der Waals surface area (Å²) in [6.07, 6.45) is 7.53. The zero-order valence-corrected chi connectivity index (χ0v) is 20.3. The number of rotatable bonds is 3. The van der Waals surface area contributed by atoms with Crippen molar-refractivity contribution in [3.63, 3.8) is 0 Å². The third-order valence-corrected chi connectivity index (χ3v) is 8.09. The average molecular weight is 441 g/mol. The largest absolute Gasteiger partial charge is 0.313 e. The molecule has 0 aromatic heterocycles. The number of nitrogens with zero attached hydrogens (tertiary/aromatic N) is 1. The normalized spacial score (nSPS) is 25.5. The van der Waals surface area contributed by atoms with Crippen LogP contribution in [-0.4, -0.2) is 25.0 Å². The number of nitrogens with one attached hydrogen (secondary N) is 1. The Balaban J connectivity index is 1.55. The van der Waals surface area contributed by atoms with Crippen molar-refractivity contribution in [2.45, 2.75) is 70.8 Å². The van der Waals surface area contributed by atoms with Crippen molar-refractivity contribution in [3.8, 4) is 11.8 Å². The van der Waals surface area contributed by atoms with Crippen molar-refractivity contribution >= 4 is 11.6 Å². The van der Waals surface area contributed by atoms with Crippen molar-refractivity contribution in [2.24, 2.45) is 11.8 Å². The molecule has 2 bridgehead atoms. The minimum Gasteiger partial charge on any atom is -0.313 e. The highest BCUT2D eigenvalue weighted by Gasteiger charge is 2.52. The first kappa shape index (κ1) is 22.2. The Morgan fingerprint density at radius 1 is 1.18 bits per heavy atom. The van der Waals surface area contributed by atoms with Gasteiger partial charge in [-0.1, -0.05) is 56.9 Å². The molecule has 1 aliphatic heterocycles. The highest BCUT2D eigenvalue weighted by Crippen LogP contribution is 2.55. The Hall–Kier alpha value is -2.57. The van der Waals surface area contributed by atoms with Crippen LogP contribution in [0.15, 0.2) is 42.5 Å². The summed E-state index contributed by atoms with van der Waals surface area (Å²) in [4.78, 5) is 15.4. The maximum absolute atomic E-state index is 13.5. The second-order valence-electron chi connectivity index (χ2n) is 10.8. The van der Waals surface area contributed by atoms with Gasteiger partial charge in [-0.2, -0.15) is 0 Å². The molecule has 3 nitrogen and oxygen atoms in total. The van der Waals surface area contributed by atoms with E-state index in [9.17, 15) is 4.79 Å². The number of hydrogen-bond acceptors (Lipinski definition) is 2. The maximum Gasteiger partial charge on any atom is 0.303 e. The summed E-state index contributed by atoms with van der Waals surface area (Å²) in [5, 5.41) is 3.84. The van der Waals surface area contributed by atoms with Crippen molar-refractivity contribution in [1.29, 1.82) is 0 Å². The summed E-state index contributed by atoms with van der Waals surface area (Å²) in [6.45, 7) is 8.20. The van der Waals surface area contributed by atoms with Crippen LogP contribution in [0.4, 0.5) is 5.69 Å². The Bertz CT molecular complexity index is 1100. The Morgan fingerprint density at radius 2 is 2.03 bits per heavy atom. The molecule has 0 radical (unpaired) electrons. The number of piperidine rings is 1. The predicted molar refractivity (Wildman–Crippen MR) is 135 cm³/mol. The summed E-state index contributed by atoms with van der Waals surface area (Å²) in [7, 11) is 0. The Morgan fingerprint density at radius 3 is 2.85 bits per heavy atom. The number of anilines is 1. The van der Waals surface area contributed by atoms with E-state index in [1.165, 1.54) is 43.2 Å². The lowest BCUT2D eigenvalue weighted by Crippen LogP contribution is -2.59. The van der Waals surface area contributed by atoms with Gasteiger partial charge < -0.3 is 10.2 Å². The fraction of sp³-hybridized carbons (Fsp3) is 0.500. The molecule has 1 heterocycles. The number of benzene rings is 2. The van der Waals surface area contributed by atoms with Crippen molar-refractivity contribution in [2.75, 3.05) is 18.0 Å². The van der Waals surface area contributed by atoms with E-state index in [1.54, 1.807) is 0 Å². The van der Waals surface area contributed by atoms with E-state index in [2.05, 4.69) is 62.2 Å². The van der Waals surface area contributed by atoms with Crippen LogP contribution >= 0.6 is 0 Å². The number of aryl methyl sites for hydroxylation is 1. The van der Waals surface area contributed by atoms with Crippen LogP contribution < -0.4 is 10.2 Å². The zero-order valence-electron chi connectivity index (χ0n) is 20.3. The third kappa shape index (κ3) is 4.11. The van der Waals surface area contributed by atoms with E-state index >= 15 is 0 Å². The van der Waals surface area contributed by atoms with Gasteiger partial charge in [0.15, 0.2) is 0 Å². The molecule has 3 aliphatic rings. The first-order valence-electron chi connectivity index (χ1n) is 12.7. The number of carbonyl (C=O) groups excluding carboxylic acids is 1. The first-order valence-corrected chi connectivity index (χ1v) is 12.7. The number of amides is 1. The smallest absolute Gasteiger partial charge is 0.303 e. The average Bonchev–Trinajstić information content (AvgIpc) is 2.81. The van der Waals surface area contributed by atoms with Crippen molar-refractivity contribution in [1.82, 2.24) is 5.32 Å². The van der Waals surface area contributed by atoms with E-state index in [1.807, 2.05) is 23.1 Å². The molecular weight excluding hydrogens is 404 g/mol. The minimum absolute atomic E-state index is 0.0972. The van der Waals surface area contributed by atoms with Gasteiger partial charge in [0.05, 0.1) is 0 Å². The lowest BCUT2D eigenvalue weighted by molar-refractivity contribution is -0.113. The van der Waals surface area contributed by atoms with Crippen LogP contribution in [0.2, 0.25) is 0 Å². The minimum atomic E-state index is -0.0972. The van der Waals surface area contributed by atoms with Gasteiger partial charge in [0, 0.05) is 35.2 Å². The van der Waals surface area contributed by atoms with Crippen molar-refractivity contribution < 1.29 is 4.79 Å². The van der Waals surface area contributed by atoms with Crippen LogP contribution in [0.25, 0.3) is 0 Å². The van der Waals surface area contributed by atoms with Crippen LogP contribution in [0, 0.1) is 30.6 Å². The molecule has 1 saturated heterocycles. The topological polar surface area (TPSA) is 32.3 Å². The SMILES string of the molecule is Cc1cccc(C#CC(=O)N(CC(C)C)c2cccc3c2C[C@H]2NCC[C@@]34CCCC[C@@H]24)c1. The third-order valence-electron chi connectivity index (χ3n) is 8.09. The van der Waals surface area contributed by atoms with E-state index in [4.69, 9.17) is 0 Å². The molecule has 1 amide bonds. The predicted octanol–water partition coefficient (Wildman–Crippen LogP) is 5.38. The van der Waals surface area contributed by atoms with Gasteiger partial charge in [0.2, 0.25) is 0 Å². The lowest BCUT2D eigenvalue weighted by atomic mass is 9.52. The summed E-state index contributed by atoms with van der Waals surface area (Å²) < 4.78 is 0. The summed E-state index contributed by atoms with van der Waals surface area (Å²) in [5.74, 6) is 7.09. The van der Waals surface area contributed by atoms with E-state index in [0.717, 1.165) is 35.7 Å². The van der Waals surface area contributed by atoms with Crippen molar-refractivity contribution in [3.05, 3.63) is 64.7 Å². The van der Waals surface area contributed by atoms with Crippen LogP contribution in [0.3, 0.4) is 0 Å². The molecule has 1 N–H and O–H groups in total. The molecule has 1 saturated carbocycles. The second-order valence-corrected chi connectivity index (χ2v) is 10.8. The van der Waals surface area contributed by atoms with Gasteiger partial charge in [-0.05, 0) is 85.9 Å². The standard InChI is InChI=1S/C30H36N2O/c1-21(2)20-32(29(33)14-13-23-9-6-8-22(3)18-23)28-12-7-11-25-24(28)19-27-26-10-4-5-15-30(25,26)16-17-31-27/h6-9,11-12,18,21,26-27,31H,4-5,10,15-17,19-20H2,1-3H3/t26-,27+,30-/m0/s1. The Kier molecular flexibility index (Phi) is 6.06. The van der Waals surface area contributed by atoms with E-state index < -0.39 is 0 Å². The molecule has 0 spiro atoms. The molecule has 33 heavy (non-hydrogen) atoms. The van der Waals surface area contributed by atoms with Gasteiger partial charge >= 0.3 is 5.91 Å². The molecule has 3 atom stereocenters. The zero-order chi connectivity index (χ0) is 23.0. The van der Waals surface area contributed by atoms with E-state index in [0.29, 0.717) is 18.5 Å². The fourth-order valence-corrected chi connectivity index (χ4v) is 6.77. The Labute approximate surface area is 199 Å². The maximum atomic E-state index is 13.5. The summed E-state index contributed by atoms with van der Waals surface area (Å²) in [5.41, 5.74) is 6.34. The number of fused-ring (bicyclic) bond motifs is 1. The van der Waals surface area contributed by atoms with Gasteiger partial charge in [0.25, 0.3) is 0 Å². The highest BCUT2D eigenvalue weighted by molar-refractivity contribution is 6.06. The quantitative estimate of drug-likeness (QED) is 0.650. The molecule has 2 aromatic carbocycles. The highest BCUT2D eigenvalue weighted by atomic mass is 16.2. The lowest BCUT2D eigenvalue weighted by Gasteiger charge is -2.56. The van der Waals surface area contributed by atoms with E-state index in [-0.39, 0.29) is 11.3 Å². The number of carbonyl (C=O) groups is 1. The fourth-order valence-electron chi connectivity index (χ4n) is 6.77. The van der Waals surface area contributed by atoms with Gasteiger partial charge in [-0.15, -0.1) is 0 Å². The van der Waals surface area contributed by atoms with Gasteiger partial charge in [-0.25, -0.2) is 0 Å². The molecule has 5 rings (SSSR count). The molecular formula is C30H36N2O. The van der Waals surface area contributed by atoms with Crippen LogP contribution in [-0.2, 0) is 16.6 Å². The molecule has 0 unspecified atom stereocenters.